The molecule has 2 aromatic carbocycles. The van der Waals surface area contributed by atoms with Gasteiger partial charge in [-0.3, -0.25) is 9.59 Å². The first-order chi connectivity index (χ1) is 18.8. The minimum atomic E-state index is -4.62. The van der Waals surface area contributed by atoms with Crippen LogP contribution in [0.2, 0.25) is 0 Å². The van der Waals surface area contributed by atoms with Crippen LogP contribution >= 0.6 is 0 Å². The van der Waals surface area contributed by atoms with Crippen molar-refractivity contribution in [1.82, 2.24) is 5.32 Å². The molecule has 1 saturated carbocycles. The van der Waals surface area contributed by atoms with E-state index < -0.39 is 88.0 Å². The van der Waals surface area contributed by atoms with Crippen LogP contribution in [-0.2, 0) is 32.1 Å². The quantitative estimate of drug-likeness (QED) is 0.362. The van der Waals surface area contributed by atoms with E-state index in [1.807, 2.05) is 0 Å². The average molecular weight is 603 g/mol. The van der Waals surface area contributed by atoms with Gasteiger partial charge >= 0.3 is 12.3 Å². The third-order valence-electron chi connectivity index (χ3n) is 6.56. The number of nitrogens with zero attached hydrogens (tertiary/aromatic N) is 1. The number of rotatable bonds is 6. The number of benzene rings is 2. The summed E-state index contributed by atoms with van der Waals surface area (Å²) in [6, 6.07) is 5.47. The maximum Gasteiger partial charge on any atom is 0.416 e. The van der Waals surface area contributed by atoms with Gasteiger partial charge in [0.15, 0.2) is 15.6 Å². The summed E-state index contributed by atoms with van der Waals surface area (Å²) in [5.41, 5.74) is -2.13. The molecular formula is C27H27F5N2O6S. The molecule has 0 spiro atoms. The van der Waals surface area contributed by atoms with Gasteiger partial charge in [0.25, 0.3) is 11.8 Å². The van der Waals surface area contributed by atoms with E-state index in [9.17, 15) is 44.8 Å². The molecule has 1 heterocycles. The van der Waals surface area contributed by atoms with E-state index in [1.165, 1.54) is 0 Å². The summed E-state index contributed by atoms with van der Waals surface area (Å²) in [6.45, 7) is 4.24. The summed E-state index contributed by atoms with van der Waals surface area (Å²) in [5, 5.41) is 2.25. The monoisotopic (exact) mass is 602 g/mol. The number of Topliss-reactive ketones (excluding diaryl/α,β-unsaturated/α-hetero) is 1. The molecule has 4 rings (SSSR count). The second-order valence-corrected chi connectivity index (χ2v) is 13.1. The van der Waals surface area contributed by atoms with E-state index in [1.54, 1.807) is 20.8 Å². The number of hydrogen-bond acceptors (Lipinski definition) is 6. The first-order valence-corrected chi connectivity index (χ1v) is 14.2. The van der Waals surface area contributed by atoms with Crippen LogP contribution in [0.4, 0.5) is 32.4 Å². The second kappa shape index (κ2) is 10.4. The smallest absolute Gasteiger partial charge is 0.416 e. The van der Waals surface area contributed by atoms with Crippen molar-refractivity contribution in [2.45, 2.75) is 68.8 Å². The predicted octanol–water partition coefficient (Wildman–Crippen LogP) is 5.15. The van der Waals surface area contributed by atoms with Crippen LogP contribution in [0, 0.1) is 5.92 Å². The Hall–Kier alpha value is -3.55. The number of halogens is 5. The molecule has 41 heavy (non-hydrogen) atoms. The van der Waals surface area contributed by atoms with Crippen molar-refractivity contribution in [2.75, 3.05) is 10.7 Å². The van der Waals surface area contributed by atoms with Crippen LogP contribution in [0.1, 0.15) is 55.1 Å². The molecule has 1 aliphatic heterocycles. The normalized spacial score (nSPS) is 21.5. The predicted molar refractivity (Wildman–Crippen MR) is 136 cm³/mol. The summed E-state index contributed by atoms with van der Waals surface area (Å²) in [4.78, 5) is 39.5. The maximum atomic E-state index is 13.7. The van der Waals surface area contributed by atoms with Crippen LogP contribution in [0.25, 0.3) is 0 Å². The van der Waals surface area contributed by atoms with Gasteiger partial charge in [-0.1, -0.05) is 12.1 Å². The maximum absolute atomic E-state index is 13.7. The number of ketones is 1. The van der Waals surface area contributed by atoms with Crippen molar-refractivity contribution in [3.05, 3.63) is 59.2 Å². The van der Waals surface area contributed by atoms with Crippen molar-refractivity contribution in [2.24, 2.45) is 5.92 Å². The van der Waals surface area contributed by atoms with Crippen molar-refractivity contribution < 1.29 is 49.5 Å². The lowest BCUT2D eigenvalue weighted by Gasteiger charge is -2.27. The van der Waals surface area contributed by atoms with Gasteiger partial charge in [0.05, 0.1) is 28.4 Å². The number of ether oxygens (including phenoxy) is 1. The molecule has 14 heteroatoms. The summed E-state index contributed by atoms with van der Waals surface area (Å²) in [7, 11) is -4.29. The van der Waals surface area contributed by atoms with Crippen LogP contribution in [0.3, 0.4) is 0 Å². The van der Waals surface area contributed by atoms with E-state index in [0.717, 1.165) is 47.4 Å². The molecule has 8 nitrogen and oxygen atoms in total. The van der Waals surface area contributed by atoms with Crippen molar-refractivity contribution in [1.29, 1.82) is 0 Å². The number of nitrogens with one attached hydrogen (secondary N) is 1. The average Bonchev–Trinajstić information content (AvgIpc) is 3.45. The standard InChI is InChI=1S/C27H27F5N2O6S/c1-25(2,3)40-24(37)33-19-14-41(38,39)22-9-6-16(21(35)11-18-12-26(18,28)29)10-20(22)34(23(19)36)13-15-4-7-17(8-5-15)27(30,31)32/h4-10,18-19H,11-14H2,1-3H3,(H,33,37)/t18-,19+/m1/s1. The van der Waals surface area contributed by atoms with Gasteiger partial charge < -0.3 is 15.0 Å². The number of anilines is 1. The van der Waals surface area contributed by atoms with Gasteiger partial charge in [-0.05, 0) is 56.7 Å². The molecule has 2 atom stereocenters. The Kier molecular flexibility index (Phi) is 7.69. The lowest BCUT2D eigenvalue weighted by molar-refractivity contribution is -0.137. The van der Waals surface area contributed by atoms with Gasteiger partial charge in [0, 0.05) is 24.3 Å². The molecule has 2 aliphatic rings. The Morgan fingerprint density at radius 2 is 1.68 bits per heavy atom. The molecule has 2 aromatic rings. The lowest BCUT2D eigenvalue weighted by atomic mass is 10.0. The zero-order valence-corrected chi connectivity index (χ0v) is 23.0. The Labute approximate surface area is 232 Å². The Balaban J connectivity index is 1.74. The Morgan fingerprint density at radius 3 is 2.22 bits per heavy atom. The molecule has 0 unspecified atom stereocenters. The molecule has 0 saturated heterocycles. The van der Waals surface area contributed by atoms with Gasteiger partial charge in [-0.2, -0.15) is 13.2 Å². The fourth-order valence-electron chi connectivity index (χ4n) is 4.38. The number of alkyl carbamates (subject to hydrolysis) is 1. The molecule has 1 N–H and O–H groups in total. The van der Waals surface area contributed by atoms with Crippen molar-refractivity contribution in [3.8, 4) is 0 Å². The first-order valence-electron chi connectivity index (χ1n) is 12.5. The summed E-state index contributed by atoms with van der Waals surface area (Å²) in [5.74, 6) is -6.61. The fourth-order valence-corrected chi connectivity index (χ4v) is 5.99. The van der Waals surface area contributed by atoms with Crippen molar-refractivity contribution in [3.63, 3.8) is 0 Å². The largest absolute Gasteiger partial charge is 0.444 e. The number of fused-ring (bicyclic) bond motifs is 1. The third kappa shape index (κ3) is 7.03. The van der Waals surface area contributed by atoms with E-state index in [2.05, 4.69) is 5.32 Å². The third-order valence-corrected chi connectivity index (χ3v) is 8.34. The highest BCUT2D eigenvalue weighted by atomic mass is 32.2. The number of alkyl halides is 5. The summed E-state index contributed by atoms with van der Waals surface area (Å²) in [6.07, 6.45) is -6.64. The van der Waals surface area contributed by atoms with Gasteiger partial charge in [-0.15, -0.1) is 0 Å². The van der Waals surface area contributed by atoms with Crippen LogP contribution in [0.15, 0.2) is 47.4 Å². The fraction of sp³-hybridized carbons (Fsp3) is 0.444. The highest BCUT2D eigenvalue weighted by Gasteiger charge is 2.57. The SMILES string of the molecule is CC(C)(C)OC(=O)N[C@H]1CS(=O)(=O)c2ccc(C(=O)C[C@@H]3CC3(F)F)cc2N(Cc2ccc(C(F)(F)F)cc2)C1=O. The number of carbonyl (C=O) groups excluding carboxylic acids is 3. The molecule has 1 fully saturated rings. The van der Waals surface area contributed by atoms with Gasteiger partial charge in [0.2, 0.25) is 0 Å². The summed E-state index contributed by atoms with van der Waals surface area (Å²) < 4.78 is 97.9. The zero-order chi connectivity index (χ0) is 30.5. The number of amides is 2. The van der Waals surface area contributed by atoms with E-state index >= 15 is 0 Å². The Bertz CT molecular complexity index is 1480. The van der Waals surface area contributed by atoms with Gasteiger partial charge in [0.1, 0.15) is 11.6 Å². The van der Waals surface area contributed by atoms with Crippen LogP contribution in [-0.4, -0.2) is 49.5 Å². The number of sulfone groups is 1. The minimum absolute atomic E-state index is 0.120. The molecule has 2 amide bonds. The first kappa shape index (κ1) is 30.4. The molecule has 0 bridgehead atoms. The zero-order valence-electron chi connectivity index (χ0n) is 22.2. The lowest BCUT2D eigenvalue weighted by Crippen LogP contribution is -2.51. The number of carbonyl (C=O) groups is 3. The minimum Gasteiger partial charge on any atom is -0.444 e. The number of hydrogen-bond donors (Lipinski definition) is 1. The van der Waals surface area contributed by atoms with Crippen LogP contribution in [0.5, 0.6) is 0 Å². The van der Waals surface area contributed by atoms with Crippen molar-refractivity contribution >= 4 is 33.3 Å². The highest BCUT2D eigenvalue weighted by Crippen LogP contribution is 2.51. The highest BCUT2D eigenvalue weighted by molar-refractivity contribution is 7.91. The topological polar surface area (TPSA) is 110 Å². The van der Waals surface area contributed by atoms with Crippen LogP contribution < -0.4 is 10.2 Å². The molecular weight excluding hydrogens is 575 g/mol. The molecule has 1 aliphatic carbocycles. The van der Waals surface area contributed by atoms with E-state index in [0.29, 0.717) is 0 Å². The molecule has 222 valence electrons. The summed E-state index contributed by atoms with van der Waals surface area (Å²) >= 11 is 0. The van der Waals surface area contributed by atoms with Gasteiger partial charge in [-0.25, -0.2) is 22.0 Å². The van der Waals surface area contributed by atoms with E-state index in [-0.39, 0.29) is 21.7 Å². The Morgan fingerprint density at radius 1 is 1.07 bits per heavy atom. The van der Waals surface area contributed by atoms with E-state index in [4.69, 9.17) is 4.74 Å². The molecule has 0 aromatic heterocycles. The molecule has 0 radical (unpaired) electrons. The second-order valence-electron chi connectivity index (χ2n) is 11.1.